The first-order chi connectivity index (χ1) is 24.2. The second-order valence-corrected chi connectivity index (χ2v) is 13.9. The molecule has 3 aromatic carbocycles. The number of thiazole rings is 1. The highest BCUT2D eigenvalue weighted by atomic mass is 32.1. The number of nitrogens with zero attached hydrogens (tertiary/aromatic N) is 2. The molecule has 0 saturated heterocycles. The SMILES string of the molecule is CCCCOc1c(CNC(=O)OCC2c3ccccc3-c3ccccc32)n(CC(C)C)c(=O)c2ccc(-c3nc(C)c(C(=O)OCC)s3)cc12. The van der Waals surface area contributed by atoms with Crippen LogP contribution in [0.1, 0.15) is 78.6 Å². The Balaban J connectivity index is 1.33. The molecule has 0 atom stereocenters. The van der Waals surface area contributed by atoms with Gasteiger partial charge in [0.05, 0.1) is 36.5 Å². The standard InChI is InChI=1S/C40H43N3O6S/c1-6-8-19-48-35-32-20-26(37-42-25(5)36(50-37)39(45)47-7-2)17-18-31(32)38(44)43(22-24(3)4)34(35)21-41-40(46)49-23-33-29-15-11-9-13-27(29)28-14-10-12-16-30(28)33/h9-18,20,24,33H,6-8,19,21-23H2,1-5H3,(H,41,46). The highest BCUT2D eigenvalue weighted by molar-refractivity contribution is 7.17. The Morgan fingerprint density at radius 1 is 0.960 bits per heavy atom. The Morgan fingerprint density at radius 2 is 1.66 bits per heavy atom. The van der Waals surface area contributed by atoms with Crippen LogP contribution < -0.4 is 15.6 Å². The highest BCUT2D eigenvalue weighted by Crippen LogP contribution is 2.44. The Morgan fingerprint density at radius 3 is 2.32 bits per heavy atom. The molecule has 2 heterocycles. The number of fused-ring (bicyclic) bond motifs is 4. The molecule has 50 heavy (non-hydrogen) atoms. The van der Waals surface area contributed by atoms with Gasteiger partial charge in [0.15, 0.2) is 0 Å². The molecule has 2 aromatic heterocycles. The number of unbranched alkanes of at least 4 members (excludes halogenated alkanes) is 1. The topological polar surface area (TPSA) is 109 Å². The fourth-order valence-corrected chi connectivity index (χ4v) is 7.48. The molecule has 1 aliphatic rings. The molecule has 0 unspecified atom stereocenters. The number of pyridine rings is 1. The summed E-state index contributed by atoms with van der Waals surface area (Å²) < 4.78 is 19.2. The maximum Gasteiger partial charge on any atom is 0.407 e. The lowest BCUT2D eigenvalue weighted by molar-refractivity contribution is 0.0531. The lowest BCUT2D eigenvalue weighted by Gasteiger charge is -2.22. The van der Waals surface area contributed by atoms with Crippen LogP contribution in [-0.2, 0) is 22.6 Å². The quantitative estimate of drug-likeness (QED) is 0.0973. The van der Waals surface area contributed by atoms with E-state index in [1.165, 1.54) is 11.3 Å². The molecule has 1 amide bonds. The van der Waals surface area contributed by atoms with E-state index in [1.807, 2.05) is 50.2 Å². The first-order valence-electron chi connectivity index (χ1n) is 17.3. The third kappa shape index (κ3) is 7.03. The minimum Gasteiger partial charge on any atom is -0.491 e. The summed E-state index contributed by atoms with van der Waals surface area (Å²) in [5.74, 6) is 0.212. The number of aryl methyl sites for hydroxylation is 1. The molecule has 0 fully saturated rings. The zero-order valence-corrected chi connectivity index (χ0v) is 30.0. The van der Waals surface area contributed by atoms with Crippen LogP contribution in [0.15, 0.2) is 71.5 Å². The van der Waals surface area contributed by atoms with Crippen molar-refractivity contribution < 1.29 is 23.8 Å². The van der Waals surface area contributed by atoms with Crippen molar-refractivity contribution in [1.82, 2.24) is 14.9 Å². The number of nitrogens with one attached hydrogen (secondary N) is 1. The maximum absolute atomic E-state index is 14.1. The predicted molar refractivity (Wildman–Crippen MR) is 197 cm³/mol. The van der Waals surface area contributed by atoms with E-state index in [2.05, 4.69) is 41.5 Å². The fourth-order valence-electron chi connectivity index (χ4n) is 6.52. The molecule has 0 bridgehead atoms. The van der Waals surface area contributed by atoms with Gasteiger partial charge < -0.3 is 24.1 Å². The molecule has 10 heteroatoms. The molecule has 260 valence electrons. The minimum absolute atomic E-state index is 0.0314. The normalized spacial score (nSPS) is 12.2. The van der Waals surface area contributed by atoms with Crippen LogP contribution in [0.5, 0.6) is 5.75 Å². The molecule has 9 nitrogen and oxygen atoms in total. The molecule has 5 aromatic rings. The Bertz CT molecular complexity index is 2050. The van der Waals surface area contributed by atoms with Crippen LogP contribution in [0.2, 0.25) is 0 Å². The van der Waals surface area contributed by atoms with Gasteiger partial charge in [-0.3, -0.25) is 4.79 Å². The van der Waals surface area contributed by atoms with E-state index in [-0.39, 0.29) is 37.2 Å². The van der Waals surface area contributed by atoms with E-state index in [4.69, 9.17) is 14.2 Å². The molecular formula is C40H43N3O6S. The van der Waals surface area contributed by atoms with Gasteiger partial charge in [-0.05, 0) is 60.6 Å². The van der Waals surface area contributed by atoms with Crippen LogP contribution >= 0.6 is 11.3 Å². The Kier molecular flexibility index (Phi) is 10.7. The van der Waals surface area contributed by atoms with Crippen LogP contribution in [0.4, 0.5) is 4.79 Å². The molecule has 0 saturated carbocycles. The number of hydrogen-bond acceptors (Lipinski definition) is 8. The summed E-state index contributed by atoms with van der Waals surface area (Å²) in [7, 11) is 0. The van der Waals surface area contributed by atoms with Gasteiger partial charge in [0.2, 0.25) is 0 Å². The Labute approximate surface area is 296 Å². The summed E-state index contributed by atoms with van der Waals surface area (Å²) in [5, 5.41) is 4.69. The monoisotopic (exact) mass is 693 g/mol. The fraction of sp³-hybridized carbons (Fsp3) is 0.350. The van der Waals surface area contributed by atoms with Crippen molar-refractivity contribution in [2.45, 2.75) is 66.5 Å². The van der Waals surface area contributed by atoms with Crippen LogP contribution in [0, 0.1) is 12.8 Å². The van der Waals surface area contributed by atoms with Gasteiger partial charge in [0, 0.05) is 23.4 Å². The van der Waals surface area contributed by atoms with Crippen molar-refractivity contribution in [1.29, 1.82) is 0 Å². The average Bonchev–Trinajstić information content (AvgIpc) is 3.66. The van der Waals surface area contributed by atoms with Gasteiger partial charge in [-0.1, -0.05) is 81.8 Å². The average molecular weight is 694 g/mol. The second kappa shape index (κ2) is 15.3. The summed E-state index contributed by atoms with van der Waals surface area (Å²) in [5.41, 5.74) is 6.31. The van der Waals surface area contributed by atoms with Gasteiger partial charge in [-0.15, -0.1) is 11.3 Å². The van der Waals surface area contributed by atoms with Crippen molar-refractivity contribution in [2.24, 2.45) is 5.92 Å². The number of rotatable bonds is 13. The number of aromatic nitrogens is 2. The van der Waals surface area contributed by atoms with Crippen LogP contribution in [0.3, 0.4) is 0 Å². The molecule has 0 spiro atoms. The number of alkyl carbamates (subject to hydrolysis) is 1. The zero-order valence-electron chi connectivity index (χ0n) is 29.2. The number of amides is 1. The van der Waals surface area contributed by atoms with Gasteiger partial charge in [0.1, 0.15) is 22.2 Å². The number of carbonyl (C=O) groups excluding carboxylic acids is 2. The van der Waals surface area contributed by atoms with Gasteiger partial charge in [-0.25, -0.2) is 14.6 Å². The van der Waals surface area contributed by atoms with E-state index in [9.17, 15) is 14.4 Å². The third-order valence-electron chi connectivity index (χ3n) is 8.87. The first-order valence-corrected chi connectivity index (χ1v) is 18.1. The van der Waals surface area contributed by atoms with Gasteiger partial charge in [-0.2, -0.15) is 0 Å². The zero-order chi connectivity index (χ0) is 35.4. The van der Waals surface area contributed by atoms with Crippen molar-refractivity contribution in [2.75, 3.05) is 19.8 Å². The maximum atomic E-state index is 14.1. The van der Waals surface area contributed by atoms with Gasteiger partial charge >= 0.3 is 12.1 Å². The molecular weight excluding hydrogens is 651 g/mol. The van der Waals surface area contributed by atoms with E-state index < -0.39 is 12.1 Å². The lowest BCUT2D eigenvalue weighted by Crippen LogP contribution is -2.32. The summed E-state index contributed by atoms with van der Waals surface area (Å²) in [4.78, 5) is 45.1. The van der Waals surface area contributed by atoms with Crippen molar-refractivity contribution in [3.05, 3.63) is 104 Å². The van der Waals surface area contributed by atoms with Crippen LogP contribution in [0.25, 0.3) is 32.5 Å². The van der Waals surface area contributed by atoms with Crippen molar-refractivity contribution in [3.8, 4) is 27.4 Å². The number of ether oxygens (including phenoxy) is 3. The van der Waals surface area contributed by atoms with Crippen molar-refractivity contribution >= 4 is 34.2 Å². The number of hydrogen-bond donors (Lipinski definition) is 1. The Hall–Kier alpha value is -4.96. The third-order valence-corrected chi connectivity index (χ3v) is 10.1. The van der Waals surface area contributed by atoms with Gasteiger partial charge in [0.25, 0.3) is 5.56 Å². The predicted octanol–water partition coefficient (Wildman–Crippen LogP) is 8.48. The first kappa shape index (κ1) is 34.9. The molecule has 1 aliphatic carbocycles. The summed E-state index contributed by atoms with van der Waals surface area (Å²) in [6.07, 6.45) is 1.17. The summed E-state index contributed by atoms with van der Waals surface area (Å²) in [6, 6.07) is 22.0. The number of benzene rings is 3. The minimum atomic E-state index is -0.575. The lowest BCUT2D eigenvalue weighted by atomic mass is 9.98. The largest absolute Gasteiger partial charge is 0.491 e. The highest BCUT2D eigenvalue weighted by Gasteiger charge is 2.29. The molecule has 1 N–H and O–H groups in total. The second-order valence-electron chi connectivity index (χ2n) is 12.9. The van der Waals surface area contributed by atoms with E-state index in [1.54, 1.807) is 24.5 Å². The smallest absolute Gasteiger partial charge is 0.407 e. The van der Waals surface area contributed by atoms with Crippen molar-refractivity contribution in [3.63, 3.8) is 0 Å². The summed E-state index contributed by atoms with van der Waals surface area (Å²) in [6.45, 7) is 11.1. The molecule has 0 aliphatic heterocycles. The number of carbonyl (C=O) groups is 2. The van der Waals surface area contributed by atoms with E-state index >= 15 is 0 Å². The molecule has 0 radical (unpaired) electrons. The van der Waals surface area contributed by atoms with E-state index in [0.29, 0.717) is 50.9 Å². The van der Waals surface area contributed by atoms with E-state index in [0.717, 1.165) is 40.7 Å². The van der Waals surface area contributed by atoms with Crippen LogP contribution in [-0.4, -0.2) is 41.4 Å². The number of esters is 1. The summed E-state index contributed by atoms with van der Waals surface area (Å²) >= 11 is 1.25. The molecule has 6 rings (SSSR count).